The molecule has 98 valence electrons. The topological polar surface area (TPSA) is 62.5 Å². The summed E-state index contributed by atoms with van der Waals surface area (Å²) in [6, 6.07) is 7.49. The standard InChI is InChI=1S/C14H19NO3/c1-4-6-12(16)11(9-15)10-7-5-8-13(17-2)14(10)18-3/h5,7-8,11-12,16H,4,6H2,1-3H3. The van der Waals surface area contributed by atoms with Crippen molar-refractivity contribution >= 4 is 0 Å². The van der Waals surface area contributed by atoms with E-state index < -0.39 is 12.0 Å². The summed E-state index contributed by atoms with van der Waals surface area (Å²) < 4.78 is 10.5. The fourth-order valence-corrected chi connectivity index (χ4v) is 1.98. The van der Waals surface area contributed by atoms with Crippen LogP contribution in [0.4, 0.5) is 0 Å². The highest BCUT2D eigenvalue weighted by molar-refractivity contribution is 5.50. The van der Waals surface area contributed by atoms with Gasteiger partial charge in [-0.1, -0.05) is 25.5 Å². The number of rotatable bonds is 6. The first kappa shape index (κ1) is 14.3. The molecule has 0 fully saturated rings. The van der Waals surface area contributed by atoms with Gasteiger partial charge in [0.1, 0.15) is 5.92 Å². The van der Waals surface area contributed by atoms with E-state index in [1.54, 1.807) is 25.3 Å². The van der Waals surface area contributed by atoms with Crippen molar-refractivity contribution in [2.75, 3.05) is 14.2 Å². The van der Waals surface area contributed by atoms with Crippen LogP contribution in [0.25, 0.3) is 0 Å². The van der Waals surface area contributed by atoms with Crippen LogP contribution < -0.4 is 9.47 Å². The molecule has 0 saturated carbocycles. The molecule has 1 N–H and O–H groups in total. The monoisotopic (exact) mass is 249 g/mol. The Labute approximate surface area is 108 Å². The number of ether oxygens (including phenoxy) is 2. The molecule has 1 aromatic carbocycles. The smallest absolute Gasteiger partial charge is 0.165 e. The second-order valence-corrected chi connectivity index (χ2v) is 4.05. The molecule has 18 heavy (non-hydrogen) atoms. The van der Waals surface area contributed by atoms with Crippen molar-refractivity contribution < 1.29 is 14.6 Å². The molecule has 2 atom stereocenters. The number of methoxy groups -OCH3 is 2. The number of aliphatic hydroxyl groups is 1. The van der Waals surface area contributed by atoms with E-state index in [0.717, 1.165) is 6.42 Å². The van der Waals surface area contributed by atoms with Gasteiger partial charge in [0.15, 0.2) is 11.5 Å². The minimum Gasteiger partial charge on any atom is -0.493 e. The fraction of sp³-hybridized carbons (Fsp3) is 0.500. The second-order valence-electron chi connectivity index (χ2n) is 4.05. The third-order valence-corrected chi connectivity index (χ3v) is 2.88. The molecule has 0 heterocycles. The van der Waals surface area contributed by atoms with E-state index in [-0.39, 0.29) is 0 Å². The fourth-order valence-electron chi connectivity index (χ4n) is 1.98. The maximum absolute atomic E-state index is 10.0. The first-order valence-electron chi connectivity index (χ1n) is 5.98. The third-order valence-electron chi connectivity index (χ3n) is 2.88. The maximum atomic E-state index is 10.0. The van der Waals surface area contributed by atoms with Crippen LogP contribution in [0, 0.1) is 11.3 Å². The van der Waals surface area contributed by atoms with Gasteiger partial charge in [-0.2, -0.15) is 5.26 Å². The predicted octanol–water partition coefficient (Wildman–Crippen LogP) is 2.47. The van der Waals surface area contributed by atoms with Crippen molar-refractivity contribution in [2.45, 2.75) is 31.8 Å². The molecule has 0 saturated heterocycles. The average molecular weight is 249 g/mol. The molecule has 2 unspecified atom stereocenters. The van der Waals surface area contributed by atoms with Crippen molar-refractivity contribution in [1.82, 2.24) is 0 Å². The van der Waals surface area contributed by atoms with Gasteiger partial charge in [-0.05, 0) is 12.5 Å². The molecule has 4 heteroatoms. The summed E-state index contributed by atoms with van der Waals surface area (Å²) >= 11 is 0. The van der Waals surface area contributed by atoms with Gasteiger partial charge in [0.25, 0.3) is 0 Å². The highest BCUT2D eigenvalue weighted by atomic mass is 16.5. The number of hydrogen-bond donors (Lipinski definition) is 1. The minimum absolute atomic E-state index is 0.515. The van der Waals surface area contributed by atoms with Gasteiger partial charge in [-0.25, -0.2) is 0 Å². The normalized spacial score (nSPS) is 13.5. The molecule has 0 aliphatic rings. The Hall–Kier alpha value is -1.73. The number of nitrogens with zero attached hydrogens (tertiary/aromatic N) is 1. The molecule has 0 spiro atoms. The zero-order valence-electron chi connectivity index (χ0n) is 11.0. The molecular formula is C14H19NO3. The van der Waals surface area contributed by atoms with Crippen molar-refractivity contribution in [3.63, 3.8) is 0 Å². The summed E-state index contributed by atoms with van der Waals surface area (Å²) in [5, 5.41) is 19.3. The Morgan fingerprint density at radius 3 is 2.56 bits per heavy atom. The second kappa shape index (κ2) is 6.87. The van der Waals surface area contributed by atoms with Gasteiger partial charge >= 0.3 is 0 Å². The van der Waals surface area contributed by atoms with Gasteiger partial charge in [0.2, 0.25) is 0 Å². The summed E-state index contributed by atoms with van der Waals surface area (Å²) in [5.41, 5.74) is 0.667. The lowest BCUT2D eigenvalue weighted by Gasteiger charge is -2.20. The van der Waals surface area contributed by atoms with Crippen LogP contribution >= 0.6 is 0 Å². The highest BCUT2D eigenvalue weighted by Gasteiger charge is 2.25. The Bertz CT molecular complexity index is 426. The largest absolute Gasteiger partial charge is 0.493 e. The molecule has 0 amide bonds. The van der Waals surface area contributed by atoms with E-state index in [0.29, 0.717) is 23.5 Å². The molecule has 1 aromatic rings. The first-order valence-corrected chi connectivity index (χ1v) is 5.98. The van der Waals surface area contributed by atoms with Gasteiger partial charge in [0, 0.05) is 5.56 Å². The lowest BCUT2D eigenvalue weighted by Crippen LogP contribution is -2.17. The van der Waals surface area contributed by atoms with E-state index in [1.807, 2.05) is 6.92 Å². The lowest BCUT2D eigenvalue weighted by atomic mass is 9.91. The first-order chi connectivity index (χ1) is 8.69. The van der Waals surface area contributed by atoms with E-state index in [9.17, 15) is 10.4 Å². The Balaban J connectivity index is 3.17. The Morgan fingerprint density at radius 2 is 2.06 bits per heavy atom. The van der Waals surface area contributed by atoms with Gasteiger partial charge in [-0.3, -0.25) is 0 Å². The van der Waals surface area contributed by atoms with Gasteiger partial charge in [-0.15, -0.1) is 0 Å². The summed E-state index contributed by atoms with van der Waals surface area (Å²) in [4.78, 5) is 0. The molecular weight excluding hydrogens is 230 g/mol. The third kappa shape index (κ3) is 2.93. The van der Waals surface area contributed by atoms with Crippen LogP contribution in [0.1, 0.15) is 31.2 Å². The van der Waals surface area contributed by atoms with Crippen molar-refractivity contribution in [3.8, 4) is 17.6 Å². The molecule has 0 aliphatic carbocycles. The Kier molecular flexibility index (Phi) is 5.47. The summed E-state index contributed by atoms with van der Waals surface area (Å²) in [5.74, 6) is 0.482. The van der Waals surface area contributed by atoms with E-state index in [1.165, 1.54) is 7.11 Å². The van der Waals surface area contributed by atoms with Crippen LogP contribution in [0.2, 0.25) is 0 Å². The SMILES string of the molecule is CCCC(O)C(C#N)c1cccc(OC)c1OC. The van der Waals surface area contributed by atoms with Crippen LogP contribution in [0.5, 0.6) is 11.5 Å². The lowest BCUT2D eigenvalue weighted by molar-refractivity contribution is 0.149. The van der Waals surface area contributed by atoms with Crippen LogP contribution in [-0.2, 0) is 0 Å². The van der Waals surface area contributed by atoms with Gasteiger partial charge < -0.3 is 14.6 Å². The Morgan fingerprint density at radius 1 is 1.33 bits per heavy atom. The van der Waals surface area contributed by atoms with Crippen molar-refractivity contribution in [1.29, 1.82) is 5.26 Å². The van der Waals surface area contributed by atoms with Crippen molar-refractivity contribution in [2.24, 2.45) is 0 Å². The van der Waals surface area contributed by atoms with Crippen LogP contribution in [0.15, 0.2) is 18.2 Å². The molecule has 0 radical (unpaired) electrons. The molecule has 1 rings (SSSR count). The van der Waals surface area contributed by atoms with Gasteiger partial charge in [0.05, 0.1) is 26.4 Å². The van der Waals surface area contributed by atoms with Crippen molar-refractivity contribution in [3.05, 3.63) is 23.8 Å². The number of para-hydroxylation sites is 1. The maximum Gasteiger partial charge on any atom is 0.165 e. The minimum atomic E-state index is -0.694. The zero-order valence-corrected chi connectivity index (χ0v) is 11.0. The molecule has 4 nitrogen and oxygen atoms in total. The van der Waals surface area contributed by atoms with E-state index in [2.05, 4.69) is 6.07 Å². The predicted molar refractivity (Wildman–Crippen MR) is 68.8 cm³/mol. The van der Waals surface area contributed by atoms with Crippen LogP contribution in [-0.4, -0.2) is 25.4 Å². The molecule has 0 aromatic heterocycles. The quantitative estimate of drug-likeness (QED) is 0.841. The summed E-state index contributed by atoms with van der Waals surface area (Å²) in [6.45, 7) is 1.97. The number of hydrogen-bond acceptors (Lipinski definition) is 4. The highest BCUT2D eigenvalue weighted by Crippen LogP contribution is 2.37. The average Bonchev–Trinajstić information content (AvgIpc) is 2.39. The molecule has 0 aliphatic heterocycles. The zero-order chi connectivity index (χ0) is 13.5. The summed E-state index contributed by atoms with van der Waals surface area (Å²) in [7, 11) is 3.08. The van der Waals surface area contributed by atoms with E-state index >= 15 is 0 Å². The summed E-state index contributed by atoms with van der Waals surface area (Å²) in [6.07, 6.45) is 0.713. The number of nitriles is 1. The number of aliphatic hydroxyl groups excluding tert-OH is 1. The van der Waals surface area contributed by atoms with E-state index in [4.69, 9.17) is 9.47 Å². The molecule has 0 bridgehead atoms. The van der Waals surface area contributed by atoms with Crippen LogP contribution in [0.3, 0.4) is 0 Å². The number of benzene rings is 1.